The van der Waals surface area contributed by atoms with Gasteiger partial charge in [-0.3, -0.25) is 4.90 Å². The highest BCUT2D eigenvalue weighted by Gasteiger charge is 2.21. The van der Waals surface area contributed by atoms with Gasteiger partial charge in [0.25, 0.3) is 0 Å². The fourth-order valence-electron chi connectivity index (χ4n) is 2.21. The maximum atomic E-state index is 9.00. The van der Waals surface area contributed by atoms with Gasteiger partial charge in [-0.2, -0.15) is 0 Å². The first-order valence-corrected chi connectivity index (χ1v) is 6.40. The third kappa shape index (κ3) is 5.16. The van der Waals surface area contributed by atoms with Crippen LogP contribution in [0.25, 0.3) is 0 Å². The van der Waals surface area contributed by atoms with Crippen LogP contribution in [0, 0.1) is 0 Å². The van der Waals surface area contributed by atoms with E-state index >= 15 is 0 Å². The minimum absolute atomic E-state index is 0.242. The van der Waals surface area contributed by atoms with Crippen molar-refractivity contribution in [2.75, 3.05) is 38.8 Å². The molecule has 4 heteroatoms. The van der Waals surface area contributed by atoms with E-state index in [9.17, 15) is 0 Å². The molecule has 0 saturated heterocycles. The van der Waals surface area contributed by atoms with Crippen LogP contribution >= 0.6 is 11.6 Å². The predicted octanol–water partition coefficient (Wildman–Crippen LogP) is 1.48. The highest BCUT2D eigenvalue weighted by Crippen LogP contribution is 2.22. The van der Waals surface area contributed by atoms with Gasteiger partial charge < -0.3 is 9.84 Å². The smallest absolute Gasteiger partial charge is 0.0602 e. The van der Waals surface area contributed by atoms with E-state index in [0.29, 0.717) is 18.5 Å². The van der Waals surface area contributed by atoms with Crippen molar-refractivity contribution in [1.82, 2.24) is 4.90 Å². The van der Waals surface area contributed by atoms with E-state index in [1.807, 2.05) is 0 Å². The van der Waals surface area contributed by atoms with Gasteiger partial charge in [-0.1, -0.05) is 12.8 Å². The predicted molar refractivity (Wildman–Crippen MR) is 62.5 cm³/mol. The van der Waals surface area contributed by atoms with E-state index in [0.717, 1.165) is 19.7 Å². The summed E-state index contributed by atoms with van der Waals surface area (Å²) in [7, 11) is 0. The molecule has 90 valence electrons. The Balaban J connectivity index is 2.17. The molecule has 0 amide bonds. The highest BCUT2D eigenvalue weighted by atomic mass is 35.5. The molecule has 0 aromatic rings. The Morgan fingerprint density at radius 3 is 2.53 bits per heavy atom. The lowest BCUT2D eigenvalue weighted by Gasteiger charge is -2.27. The van der Waals surface area contributed by atoms with Crippen molar-refractivity contribution < 1.29 is 9.84 Å². The number of hydrogen-bond acceptors (Lipinski definition) is 3. The highest BCUT2D eigenvalue weighted by molar-refractivity contribution is 6.17. The molecule has 1 fully saturated rings. The molecule has 1 aliphatic carbocycles. The van der Waals surface area contributed by atoms with Gasteiger partial charge in [-0.15, -0.1) is 11.6 Å². The Bertz CT molecular complexity index is 152. The Hall–Kier alpha value is 0.170. The zero-order valence-corrected chi connectivity index (χ0v) is 10.1. The first kappa shape index (κ1) is 13.2. The standard InChI is InChI=1S/C11H22ClNO2/c12-5-9-15-10-7-13(6-8-14)11-3-1-2-4-11/h11,14H,1-10H2. The summed E-state index contributed by atoms with van der Waals surface area (Å²) in [6.07, 6.45) is 5.20. The van der Waals surface area contributed by atoms with E-state index < -0.39 is 0 Å². The van der Waals surface area contributed by atoms with Gasteiger partial charge >= 0.3 is 0 Å². The summed E-state index contributed by atoms with van der Waals surface area (Å²) in [6.45, 7) is 3.28. The molecule has 0 radical (unpaired) electrons. The number of nitrogens with zero attached hydrogens (tertiary/aromatic N) is 1. The van der Waals surface area contributed by atoms with Gasteiger partial charge in [-0.05, 0) is 12.8 Å². The first-order valence-electron chi connectivity index (χ1n) is 5.87. The molecule has 0 unspecified atom stereocenters. The van der Waals surface area contributed by atoms with Crippen LogP contribution in [0.1, 0.15) is 25.7 Å². The lowest BCUT2D eigenvalue weighted by molar-refractivity contribution is 0.0840. The summed E-state index contributed by atoms with van der Waals surface area (Å²) in [6, 6.07) is 0.664. The zero-order valence-electron chi connectivity index (χ0n) is 9.33. The van der Waals surface area contributed by atoms with Gasteiger partial charge in [0, 0.05) is 25.0 Å². The summed E-state index contributed by atoms with van der Waals surface area (Å²) in [4.78, 5) is 2.35. The molecular weight excluding hydrogens is 214 g/mol. The summed E-state index contributed by atoms with van der Waals surface area (Å²) in [5.74, 6) is 0.559. The Labute approximate surface area is 97.4 Å². The van der Waals surface area contributed by atoms with Crippen molar-refractivity contribution in [2.24, 2.45) is 0 Å². The SMILES string of the molecule is OCCN(CCOCCCl)C1CCCC1. The molecule has 3 nitrogen and oxygen atoms in total. The quantitative estimate of drug-likeness (QED) is 0.511. The molecule has 1 saturated carbocycles. The number of aliphatic hydroxyl groups excluding tert-OH is 1. The molecular formula is C11H22ClNO2. The van der Waals surface area contributed by atoms with Crippen molar-refractivity contribution in [3.05, 3.63) is 0 Å². The van der Waals surface area contributed by atoms with Gasteiger partial charge in [0.05, 0.1) is 19.8 Å². The molecule has 1 rings (SSSR count). The monoisotopic (exact) mass is 235 g/mol. The molecule has 0 bridgehead atoms. The van der Waals surface area contributed by atoms with E-state index in [4.69, 9.17) is 21.4 Å². The summed E-state index contributed by atoms with van der Waals surface area (Å²) < 4.78 is 5.36. The van der Waals surface area contributed by atoms with Crippen LogP contribution in [0.2, 0.25) is 0 Å². The van der Waals surface area contributed by atoms with E-state index in [2.05, 4.69) is 4.90 Å². The van der Waals surface area contributed by atoms with Gasteiger partial charge in [0.15, 0.2) is 0 Å². The average Bonchev–Trinajstić information content (AvgIpc) is 2.76. The van der Waals surface area contributed by atoms with Crippen molar-refractivity contribution in [2.45, 2.75) is 31.7 Å². The number of halogens is 1. The van der Waals surface area contributed by atoms with Crippen molar-refractivity contribution in [3.63, 3.8) is 0 Å². The maximum absolute atomic E-state index is 9.00. The van der Waals surface area contributed by atoms with Crippen LogP contribution in [-0.4, -0.2) is 54.8 Å². The minimum atomic E-state index is 0.242. The number of alkyl halides is 1. The largest absolute Gasteiger partial charge is 0.395 e. The lowest BCUT2D eigenvalue weighted by Crippen LogP contribution is -2.38. The number of aliphatic hydroxyl groups is 1. The first-order chi connectivity index (χ1) is 7.38. The number of hydrogen-bond donors (Lipinski definition) is 1. The molecule has 0 aliphatic heterocycles. The number of rotatable bonds is 8. The van der Waals surface area contributed by atoms with Crippen LogP contribution in [-0.2, 0) is 4.74 Å². The fraction of sp³-hybridized carbons (Fsp3) is 1.00. The molecule has 1 N–H and O–H groups in total. The van der Waals surface area contributed by atoms with Crippen LogP contribution < -0.4 is 0 Å². The topological polar surface area (TPSA) is 32.7 Å². The Morgan fingerprint density at radius 2 is 1.93 bits per heavy atom. The molecule has 0 spiro atoms. The second-order valence-corrected chi connectivity index (χ2v) is 4.38. The minimum Gasteiger partial charge on any atom is -0.395 e. The molecule has 15 heavy (non-hydrogen) atoms. The van der Waals surface area contributed by atoms with Crippen LogP contribution in [0.15, 0.2) is 0 Å². The van der Waals surface area contributed by atoms with Gasteiger partial charge in [-0.25, -0.2) is 0 Å². The van der Waals surface area contributed by atoms with Gasteiger partial charge in [0.2, 0.25) is 0 Å². The zero-order chi connectivity index (χ0) is 10.9. The summed E-state index contributed by atoms with van der Waals surface area (Å²) >= 11 is 5.53. The summed E-state index contributed by atoms with van der Waals surface area (Å²) in [5.41, 5.74) is 0. The molecule has 0 aromatic carbocycles. The van der Waals surface area contributed by atoms with Crippen molar-refractivity contribution in [1.29, 1.82) is 0 Å². The van der Waals surface area contributed by atoms with Crippen LogP contribution in [0.5, 0.6) is 0 Å². The lowest BCUT2D eigenvalue weighted by atomic mass is 10.2. The summed E-state index contributed by atoms with van der Waals surface area (Å²) in [5, 5.41) is 9.00. The van der Waals surface area contributed by atoms with Gasteiger partial charge in [0.1, 0.15) is 0 Å². The fourth-order valence-corrected chi connectivity index (χ4v) is 2.32. The normalized spacial score (nSPS) is 17.8. The van der Waals surface area contributed by atoms with Crippen molar-refractivity contribution >= 4 is 11.6 Å². The maximum Gasteiger partial charge on any atom is 0.0602 e. The molecule has 0 aromatic heterocycles. The van der Waals surface area contributed by atoms with E-state index in [1.165, 1.54) is 25.7 Å². The third-order valence-corrected chi connectivity index (χ3v) is 3.13. The molecule has 0 atom stereocenters. The molecule has 0 heterocycles. The third-order valence-electron chi connectivity index (χ3n) is 2.97. The molecule has 1 aliphatic rings. The van der Waals surface area contributed by atoms with Crippen molar-refractivity contribution in [3.8, 4) is 0 Å². The second kappa shape index (κ2) is 8.34. The van der Waals surface area contributed by atoms with E-state index in [-0.39, 0.29) is 6.61 Å². The average molecular weight is 236 g/mol. The number of ether oxygens (including phenoxy) is 1. The van der Waals surface area contributed by atoms with Crippen LogP contribution in [0.4, 0.5) is 0 Å². The Kier molecular flexibility index (Phi) is 7.36. The second-order valence-electron chi connectivity index (χ2n) is 4.00. The Morgan fingerprint density at radius 1 is 1.20 bits per heavy atom. The van der Waals surface area contributed by atoms with Crippen LogP contribution in [0.3, 0.4) is 0 Å². The van der Waals surface area contributed by atoms with E-state index in [1.54, 1.807) is 0 Å².